The van der Waals surface area contributed by atoms with E-state index in [1.54, 1.807) is 0 Å². The Labute approximate surface area is 120 Å². The predicted molar refractivity (Wildman–Crippen MR) is 86.9 cm³/mol. The van der Waals surface area contributed by atoms with E-state index >= 15 is 0 Å². The van der Waals surface area contributed by atoms with Crippen molar-refractivity contribution in [3.8, 4) is 0 Å². The minimum absolute atomic E-state index is 0.960. The van der Waals surface area contributed by atoms with Gasteiger partial charge in [-0.15, -0.1) is 0 Å². The summed E-state index contributed by atoms with van der Waals surface area (Å²) in [5.74, 6) is 2.48. The molecule has 3 heteroatoms. The van der Waals surface area contributed by atoms with E-state index < -0.39 is 0 Å². The molecule has 0 saturated heterocycles. The van der Waals surface area contributed by atoms with E-state index in [0.29, 0.717) is 0 Å². The molecule has 0 spiro atoms. The van der Waals surface area contributed by atoms with E-state index in [0.717, 1.165) is 19.6 Å². The van der Waals surface area contributed by atoms with Crippen LogP contribution in [0.2, 0.25) is 0 Å². The van der Waals surface area contributed by atoms with Gasteiger partial charge >= 0.3 is 0 Å². The SMILES string of the molecule is CCNCc1cccc2ccn(CCCSCC)c12. The molecule has 0 aliphatic heterocycles. The number of benzene rings is 1. The summed E-state index contributed by atoms with van der Waals surface area (Å²) in [5, 5.41) is 4.79. The van der Waals surface area contributed by atoms with Crippen LogP contribution in [0.3, 0.4) is 0 Å². The Hall–Kier alpha value is -0.930. The van der Waals surface area contributed by atoms with Crippen LogP contribution in [-0.2, 0) is 13.1 Å². The Morgan fingerprint density at radius 2 is 2.11 bits per heavy atom. The lowest BCUT2D eigenvalue weighted by atomic mass is 10.1. The van der Waals surface area contributed by atoms with Crippen LogP contribution in [-0.4, -0.2) is 22.6 Å². The number of aryl methyl sites for hydroxylation is 1. The second-order valence-corrected chi connectivity index (χ2v) is 6.09. The maximum absolute atomic E-state index is 3.43. The van der Waals surface area contributed by atoms with Gasteiger partial charge in [0.1, 0.15) is 0 Å². The number of hydrogen-bond acceptors (Lipinski definition) is 2. The van der Waals surface area contributed by atoms with Gasteiger partial charge in [-0.05, 0) is 41.5 Å². The van der Waals surface area contributed by atoms with Crippen LogP contribution < -0.4 is 5.32 Å². The molecular weight excluding hydrogens is 252 g/mol. The van der Waals surface area contributed by atoms with Crippen LogP contribution >= 0.6 is 11.8 Å². The molecule has 0 amide bonds. The van der Waals surface area contributed by atoms with Crippen LogP contribution in [0.5, 0.6) is 0 Å². The van der Waals surface area contributed by atoms with Gasteiger partial charge in [-0.2, -0.15) is 11.8 Å². The molecule has 2 nitrogen and oxygen atoms in total. The fourth-order valence-corrected chi connectivity index (χ4v) is 3.03. The van der Waals surface area contributed by atoms with Crippen molar-refractivity contribution in [3.63, 3.8) is 0 Å². The van der Waals surface area contributed by atoms with Crippen molar-refractivity contribution in [2.75, 3.05) is 18.1 Å². The smallest absolute Gasteiger partial charge is 0.0525 e. The third-order valence-electron chi connectivity index (χ3n) is 3.33. The number of aromatic nitrogens is 1. The van der Waals surface area contributed by atoms with E-state index in [1.165, 1.54) is 34.4 Å². The topological polar surface area (TPSA) is 17.0 Å². The third-order valence-corrected chi connectivity index (χ3v) is 4.31. The molecule has 0 radical (unpaired) electrons. The Balaban J connectivity index is 2.14. The van der Waals surface area contributed by atoms with Crippen LogP contribution in [0.1, 0.15) is 25.8 Å². The lowest BCUT2D eigenvalue weighted by Gasteiger charge is -2.10. The zero-order chi connectivity index (χ0) is 13.5. The van der Waals surface area contributed by atoms with Gasteiger partial charge in [-0.1, -0.05) is 32.0 Å². The van der Waals surface area contributed by atoms with Crippen molar-refractivity contribution < 1.29 is 0 Å². The zero-order valence-corrected chi connectivity index (χ0v) is 12.8. The van der Waals surface area contributed by atoms with Gasteiger partial charge < -0.3 is 9.88 Å². The number of thioether (sulfide) groups is 1. The second-order valence-electron chi connectivity index (χ2n) is 4.69. The molecule has 0 unspecified atom stereocenters. The number of hydrogen-bond donors (Lipinski definition) is 1. The molecule has 0 fully saturated rings. The molecule has 2 rings (SSSR count). The first-order valence-corrected chi connectivity index (χ1v) is 8.37. The third kappa shape index (κ3) is 3.77. The highest BCUT2D eigenvalue weighted by molar-refractivity contribution is 7.99. The molecule has 0 bridgehead atoms. The van der Waals surface area contributed by atoms with Crippen molar-refractivity contribution in [3.05, 3.63) is 36.0 Å². The number of nitrogens with zero attached hydrogens (tertiary/aromatic N) is 1. The minimum atomic E-state index is 0.960. The molecule has 19 heavy (non-hydrogen) atoms. The Morgan fingerprint density at radius 3 is 2.89 bits per heavy atom. The van der Waals surface area contributed by atoms with Gasteiger partial charge in [0.2, 0.25) is 0 Å². The predicted octanol–water partition coefficient (Wildman–Crippen LogP) is 3.89. The average molecular weight is 276 g/mol. The summed E-state index contributed by atoms with van der Waals surface area (Å²) in [4.78, 5) is 0. The molecule has 1 aromatic heterocycles. The standard InChI is InChI=1S/C16H24N2S/c1-3-17-13-15-8-5-7-14-9-11-18(16(14)15)10-6-12-19-4-2/h5,7-9,11,17H,3-4,6,10,12-13H2,1-2H3. The van der Waals surface area contributed by atoms with Crippen LogP contribution in [0.4, 0.5) is 0 Å². The normalized spacial score (nSPS) is 11.3. The van der Waals surface area contributed by atoms with Gasteiger partial charge in [0, 0.05) is 19.3 Å². The van der Waals surface area contributed by atoms with E-state index in [9.17, 15) is 0 Å². The molecule has 2 aromatic rings. The Bertz CT molecular complexity index is 504. The van der Waals surface area contributed by atoms with Crippen LogP contribution in [0.15, 0.2) is 30.5 Å². The molecule has 0 saturated carbocycles. The maximum atomic E-state index is 3.43. The van der Waals surface area contributed by atoms with Gasteiger partial charge in [0.15, 0.2) is 0 Å². The first-order chi connectivity index (χ1) is 9.36. The number of rotatable bonds is 8. The lowest BCUT2D eigenvalue weighted by Crippen LogP contribution is -2.13. The second kappa shape index (κ2) is 7.61. The fourth-order valence-electron chi connectivity index (χ4n) is 2.41. The van der Waals surface area contributed by atoms with E-state index in [-0.39, 0.29) is 0 Å². The van der Waals surface area contributed by atoms with E-state index in [1.807, 2.05) is 11.8 Å². The molecule has 104 valence electrons. The molecule has 1 aromatic carbocycles. The highest BCUT2D eigenvalue weighted by Gasteiger charge is 2.05. The number of para-hydroxylation sites is 1. The summed E-state index contributed by atoms with van der Waals surface area (Å²) in [5.41, 5.74) is 2.82. The zero-order valence-electron chi connectivity index (χ0n) is 12.0. The monoisotopic (exact) mass is 276 g/mol. The molecule has 0 aliphatic rings. The van der Waals surface area contributed by atoms with Crippen molar-refractivity contribution in [1.29, 1.82) is 0 Å². The van der Waals surface area contributed by atoms with Crippen molar-refractivity contribution >= 4 is 22.7 Å². The molecule has 1 heterocycles. The lowest BCUT2D eigenvalue weighted by molar-refractivity contribution is 0.694. The summed E-state index contributed by atoms with van der Waals surface area (Å²) in [6, 6.07) is 8.84. The summed E-state index contributed by atoms with van der Waals surface area (Å²) in [6.45, 7) is 7.48. The van der Waals surface area contributed by atoms with Crippen molar-refractivity contribution in [2.45, 2.75) is 33.4 Å². The number of fused-ring (bicyclic) bond motifs is 1. The highest BCUT2D eigenvalue weighted by Crippen LogP contribution is 2.21. The van der Waals surface area contributed by atoms with Crippen LogP contribution in [0, 0.1) is 0 Å². The van der Waals surface area contributed by atoms with Gasteiger partial charge in [-0.3, -0.25) is 0 Å². The highest BCUT2D eigenvalue weighted by atomic mass is 32.2. The van der Waals surface area contributed by atoms with E-state index in [4.69, 9.17) is 0 Å². The van der Waals surface area contributed by atoms with Gasteiger partial charge in [0.25, 0.3) is 0 Å². The van der Waals surface area contributed by atoms with E-state index in [2.05, 4.69) is 54.2 Å². The molecule has 0 aliphatic carbocycles. The molecule has 1 N–H and O–H groups in total. The van der Waals surface area contributed by atoms with Crippen LogP contribution in [0.25, 0.3) is 10.9 Å². The minimum Gasteiger partial charge on any atom is -0.347 e. The van der Waals surface area contributed by atoms with Crippen molar-refractivity contribution in [2.24, 2.45) is 0 Å². The summed E-state index contributed by atoms with van der Waals surface area (Å²) in [7, 11) is 0. The largest absolute Gasteiger partial charge is 0.347 e. The Morgan fingerprint density at radius 1 is 1.21 bits per heavy atom. The summed E-state index contributed by atoms with van der Waals surface area (Å²) in [6.07, 6.45) is 3.48. The average Bonchev–Trinajstić information content (AvgIpc) is 2.85. The van der Waals surface area contributed by atoms with Crippen molar-refractivity contribution in [1.82, 2.24) is 9.88 Å². The quantitative estimate of drug-likeness (QED) is 0.737. The Kier molecular flexibility index (Phi) is 5.80. The summed E-state index contributed by atoms with van der Waals surface area (Å²) >= 11 is 2.03. The summed E-state index contributed by atoms with van der Waals surface area (Å²) < 4.78 is 2.41. The fraction of sp³-hybridized carbons (Fsp3) is 0.500. The van der Waals surface area contributed by atoms with Gasteiger partial charge in [-0.25, -0.2) is 0 Å². The first-order valence-electron chi connectivity index (χ1n) is 7.22. The van der Waals surface area contributed by atoms with Gasteiger partial charge in [0.05, 0.1) is 5.52 Å². The first kappa shape index (κ1) is 14.5. The maximum Gasteiger partial charge on any atom is 0.0525 e. The number of nitrogens with one attached hydrogen (secondary N) is 1. The molecular formula is C16H24N2S. The molecule has 0 atom stereocenters.